The first kappa shape index (κ1) is 13.9. The van der Waals surface area contributed by atoms with Crippen molar-refractivity contribution in [2.75, 3.05) is 13.6 Å². The normalized spacial score (nSPS) is 16.6. The number of hydrogen-bond acceptors (Lipinski definition) is 4. The fourth-order valence-corrected chi connectivity index (χ4v) is 2.08. The van der Waals surface area contributed by atoms with Gasteiger partial charge < -0.3 is 5.11 Å². The summed E-state index contributed by atoms with van der Waals surface area (Å²) in [5, 5.41) is 20.3. The van der Waals surface area contributed by atoms with Gasteiger partial charge in [-0.3, -0.25) is 15.0 Å². The van der Waals surface area contributed by atoms with Crippen molar-refractivity contribution in [3.05, 3.63) is 39.7 Å². The summed E-state index contributed by atoms with van der Waals surface area (Å²) in [6, 6.07) is 3.65. The average Bonchev–Trinajstić information content (AvgIpc) is 3.15. The van der Waals surface area contributed by atoms with Crippen LogP contribution < -0.4 is 0 Å². The first-order valence-corrected chi connectivity index (χ1v) is 6.27. The molecule has 0 radical (unpaired) electrons. The van der Waals surface area contributed by atoms with Crippen LogP contribution in [0.2, 0.25) is 0 Å². The smallest absolute Gasteiger partial charge is 0.272 e. The monoisotopic (exact) mass is 268 g/mol. The SMILES string of the molecule is CN(Cc1ccc([N+](=O)[O-])cc1F)CC(O)C1CC1. The van der Waals surface area contributed by atoms with Gasteiger partial charge in [0.25, 0.3) is 5.69 Å². The van der Waals surface area contributed by atoms with Gasteiger partial charge in [-0.2, -0.15) is 0 Å². The van der Waals surface area contributed by atoms with Crippen LogP contribution >= 0.6 is 0 Å². The van der Waals surface area contributed by atoms with Crippen LogP contribution in [0.3, 0.4) is 0 Å². The second-order valence-corrected chi connectivity index (χ2v) is 5.13. The van der Waals surface area contributed by atoms with Gasteiger partial charge in [-0.25, -0.2) is 4.39 Å². The largest absolute Gasteiger partial charge is 0.392 e. The molecule has 104 valence electrons. The molecule has 0 spiro atoms. The van der Waals surface area contributed by atoms with E-state index in [0.29, 0.717) is 24.6 Å². The van der Waals surface area contributed by atoms with Gasteiger partial charge in [0.15, 0.2) is 0 Å². The van der Waals surface area contributed by atoms with E-state index in [1.807, 2.05) is 4.90 Å². The predicted octanol–water partition coefficient (Wildman–Crippen LogP) is 1.94. The van der Waals surface area contributed by atoms with E-state index in [9.17, 15) is 19.6 Å². The maximum absolute atomic E-state index is 13.7. The number of rotatable bonds is 6. The van der Waals surface area contributed by atoms with Gasteiger partial charge in [0.05, 0.1) is 17.1 Å². The van der Waals surface area contributed by atoms with E-state index in [1.54, 1.807) is 7.05 Å². The maximum Gasteiger partial charge on any atom is 0.272 e. The van der Waals surface area contributed by atoms with Gasteiger partial charge in [0.1, 0.15) is 5.82 Å². The number of aliphatic hydroxyl groups excluding tert-OH is 1. The molecule has 1 saturated carbocycles. The first-order valence-electron chi connectivity index (χ1n) is 6.27. The number of nitro benzene ring substituents is 1. The van der Waals surface area contributed by atoms with Gasteiger partial charge in [0.2, 0.25) is 0 Å². The molecule has 1 aromatic carbocycles. The fraction of sp³-hybridized carbons (Fsp3) is 0.538. The molecule has 5 nitrogen and oxygen atoms in total. The van der Waals surface area contributed by atoms with E-state index in [-0.39, 0.29) is 11.8 Å². The van der Waals surface area contributed by atoms with Crippen LogP contribution in [0, 0.1) is 21.8 Å². The number of benzene rings is 1. The summed E-state index contributed by atoms with van der Waals surface area (Å²) in [6.07, 6.45) is 1.74. The van der Waals surface area contributed by atoms with Crippen molar-refractivity contribution in [1.29, 1.82) is 0 Å². The maximum atomic E-state index is 13.7. The van der Waals surface area contributed by atoms with Crippen molar-refractivity contribution >= 4 is 5.69 Å². The van der Waals surface area contributed by atoms with E-state index < -0.39 is 10.7 Å². The van der Waals surface area contributed by atoms with Crippen LogP contribution in [0.25, 0.3) is 0 Å². The lowest BCUT2D eigenvalue weighted by Crippen LogP contribution is -2.30. The molecule has 0 heterocycles. The Morgan fingerprint density at radius 3 is 2.79 bits per heavy atom. The summed E-state index contributed by atoms with van der Waals surface area (Å²) in [5.74, 6) is -0.203. The Hall–Kier alpha value is -1.53. The molecule has 1 N–H and O–H groups in total. The average molecular weight is 268 g/mol. The van der Waals surface area contributed by atoms with Crippen molar-refractivity contribution in [1.82, 2.24) is 4.90 Å². The van der Waals surface area contributed by atoms with Crippen LogP contribution in [-0.4, -0.2) is 34.6 Å². The molecule has 1 fully saturated rings. The Balaban J connectivity index is 1.96. The quantitative estimate of drug-likeness (QED) is 0.632. The minimum atomic E-state index is -0.618. The number of aliphatic hydroxyl groups is 1. The summed E-state index contributed by atoms with van der Waals surface area (Å²) in [6.45, 7) is 0.814. The second-order valence-electron chi connectivity index (χ2n) is 5.13. The van der Waals surface area contributed by atoms with Crippen LogP contribution in [-0.2, 0) is 6.54 Å². The zero-order valence-electron chi connectivity index (χ0n) is 10.8. The van der Waals surface area contributed by atoms with E-state index >= 15 is 0 Å². The summed E-state index contributed by atoms with van der Waals surface area (Å²) < 4.78 is 13.7. The molecule has 0 aliphatic heterocycles. The predicted molar refractivity (Wildman–Crippen MR) is 68.1 cm³/mol. The Labute approximate surface area is 110 Å². The third kappa shape index (κ3) is 3.71. The molecule has 0 bridgehead atoms. The molecule has 2 rings (SSSR count). The molecule has 1 unspecified atom stereocenters. The zero-order chi connectivity index (χ0) is 14.0. The Kier molecular flexibility index (Phi) is 4.11. The molecular weight excluding hydrogens is 251 g/mol. The lowest BCUT2D eigenvalue weighted by Gasteiger charge is -2.20. The highest BCUT2D eigenvalue weighted by molar-refractivity contribution is 5.34. The van der Waals surface area contributed by atoms with Crippen molar-refractivity contribution in [2.45, 2.75) is 25.5 Å². The van der Waals surface area contributed by atoms with E-state index in [2.05, 4.69) is 0 Å². The van der Waals surface area contributed by atoms with Crippen molar-refractivity contribution in [3.8, 4) is 0 Å². The number of likely N-dealkylation sites (N-methyl/N-ethyl adjacent to an activating group) is 1. The standard InChI is InChI=1S/C13H17FN2O3/c1-15(8-13(17)9-2-3-9)7-10-4-5-11(16(18)19)6-12(10)14/h4-6,9,13,17H,2-3,7-8H2,1H3. The topological polar surface area (TPSA) is 66.6 Å². The van der Waals surface area contributed by atoms with Crippen LogP contribution in [0.1, 0.15) is 18.4 Å². The minimum Gasteiger partial charge on any atom is -0.392 e. The van der Waals surface area contributed by atoms with Crippen LogP contribution in [0.4, 0.5) is 10.1 Å². The molecule has 19 heavy (non-hydrogen) atoms. The summed E-state index contributed by atoms with van der Waals surface area (Å²) in [4.78, 5) is 11.7. The molecule has 1 aliphatic rings. The van der Waals surface area contributed by atoms with Gasteiger partial charge >= 0.3 is 0 Å². The van der Waals surface area contributed by atoms with E-state index in [4.69, 9.17) is 0 Å². The minimum absolute atomic E-state index is 0.248. The van der Waals surface area contributed by atoms with Crippen LogP contribution in [0.5, 0.6) is 0 Å². The molecule has 0 amide bonds. The number of halogens is 1. The van der Waals surface area contributed by atoms with Crippen molar-refractivity contribution in [2.24, 2.45) is 5.92 Å². The third-order valence-corrected chi connectivity index (χ3v) is 3.35. The first-order chi connectivity index (χ1) is 8.97. The highest BCUT2D eigenvalue weighted by Gasteiger charge is 2.30. The third-order valence-electron chi connectivity index (χ3n) is 3.35. The number of nitrogens with zero attached hydrogens (tertiary/aromatic N) is 2. The molecule has 0 saturated heterocycles. The fourth-order valence-electron chi connectivity index (χ4n) is 2.08. The highest BCUT2D eigenvalue weighted by atomic mass is 19.1. The Morgan fingerprint density at radius 2 is 2.26 bits per heavy atom. The molecule has 0 aromatic heterocycles. The lowest BCUT2D eigenvalue weighted by molar-refractivity contribution is -0.385. The molecular formula is C13H17FN2O3. The van der Waals surface area contributed by atoms with Crippen LogP contribution in [0.15, 0.2) is 18.2 Å². The number of hydrogen-bond donors (Lipinski definition) is 1. The van der Waals surface area contributed by atoms with Crippen molar-refractivity contribution < 1.29 is 14.4 Å². The highest BCUT2D eigenvalue weighted by Crippen LogP contribution is 2.32. The Bertz CT molecular complexity index is 477. The van der Waals surface area contributed by atoms with Gasteiger partial charge in [-0.15, -0.1) is 0 Å². The van der Waals surface area contributed by atoms with E-state index in [0.717, 1.165) is 18.9 Å². The zero-order valence-corrected chi connectivity index (χ0v) is 10.8. The Morgan fingerprint density at radius 1 is 1.58 bits per heavy atom. The molecule has 1 aliphatic carbocycles. The van der Waals surface area contributed by atoms with Gasteiger partial charge in [-0.05, 0) is 31.9 Å². The second kappa shape index (κ2) is 5.63. The molecule has 6 heteroatoms. The van der Waals surface area contributed by atoms with Gasteiger partial charge in [0, 0.05) is 24.7 Å². The summed E-state index contributed by atoms with van der Waals surface area (Å²) in [5.41, 5.74) is 0.151. The van der Waals surface area contributed by atoms with Gasteiger partial charge in [-0.1, -0.05) is 0 Å². The van der Waals surface area contributed by atoms with E-state index in [1.165, 1.54) is 12.1 Å². The number of non-ortho nitro benzene ring substituents is 1. The summed E-state index contributed by atoms with van der Waals surface area (Å²) >= 11 is 0. The molecule has 1 aromatic rings. The van der Waals surface area contributed by atoms with Crippen molar-refractivity contribution in [3.63, 3.8) is 0 Å². The lowest BCUT2D eigenvalue weighted by atomic mass is 10.1. The summed E-state index contributed by atoms with van der Waals surface area (Å²) in [7, 11) is 1.80. The number of nitro groups is 1. The molecule has 1 atom stereocenters.